The predicted molar refractivity (Wildman–Crippen MR) is 88.9 cm³/mol. The van der Waals surface area contributed by atoms with Crippen LogP contribution in [0.5, 0.6) is 0 Å². The van der Waals surface area contributed by atoms with Gasteiger partial charge in [-0.25, -0.2) is 0 Å². The Bertz CT molecular complexity index is 584. The molecule has 2 aromatic rings. The maximum absolute atomic E-state index is 6.39. The zero-order valence-electron chi connectivity index (χ0n) is 13.2. The van der Waals surface area contributed by atoms with Crippen LogP contribution >= 0.6 is 11.6 Å². The molecule has 0 radical (unpaired) electrons. The van der Waals surface area contributed by atoms with Crippen LogP contribution in [0.3, 0.4) is 0 Å². The fourth-order valence-corrected chi connectivity index (χ4v) is 2.68. The zero-order valence-corrected chi connectivity index (χ0v) is 14.0. The van der Waals surface area contributed by atoms with Crippen LogP contribution in [0.1, 0.15) is 37.8 Å². The van der Waals surface area contributed by atoms with E-state index in [4.69, 9.17) is 11.6 Å². The first-order valence-electron chi connectivity index (χ1n) is 7.32. The molecule has 3 nitrogen and oxygen atoms in total. The number of hydrogen-bond acceptors (Lipinski definition) is 2. The van der Waals surface area contributed by atoms with Crippen LogP contribution in [-0.2, 0) is 13.5 Å². The highest BCUT2D eigenvalue weighted by molar-refractivity contribution is 6.31. The third-order valence-electron chi connectivity index (χ3n) is 3.46. The number of nitrogens with zero attached hydrogens (tertiary/aromatic N) is 2. The molecule has 114 valence electrons. The summed E-state index contributed by atoms with van der Waals surface area (Å²) in [6.45, 7) is 7.43. The summed E-state index contributed by atoms with van der Waals surface area (Å²) in [6, 6.07) is 8.11. The molecule has 21 heavy (non-hydrogen) atoms. The molecule has 0 spiro atoms. The average molecular weight is 306 g/mol. The van der Waals surface area contributed by atoms with Crippen molar-refractivity contribution in [1.29, 1.82) is 0 Å². The highest BCUT2D eigenvalue weighted by Crippen LogP contribution is 2.27. The number of nitrogens with one attached hydrogen (secondary N) is 1. The molecule has 0 aliphatic heterocycles. The summed E-state index contributed by atoms with van der Waals surface area (Å²) in [5.74, 6) is 0.335. The molecule has 0 fully saturated rings. The molecule has 0 saturated carbocycles. The van der Waals surface area contributed by atoms with Crippen molar-refractivity contribution in [3.05, 3.63) is 52.8 Å². The summed E-state index contributed by atoms with van der Waals surface area (Å²) in [7, 11) is 1.95. The second kappa shape index (κ2) is 6.63. The van der Waals surface area contributed by atoms with Crippen LogP contribution in [0.15, 0.2) is 36.7 Å². The fourth-order valence-electron chi connectivity index (χ4n) is 2.39. The predicted octanol–water partition coefficient (Wildman–Crippen LogP) is 3.79. The third kappa shape index (κ3) is 4.87. The molecule has 1 aromatic carbocycles. The molecule has 4 heteroatoms. The van der Waals surface area contributed by atoms with Crippen molar-refractivity contribution in [1.82, 2.24) is 15.1 Å². The summed E-state index contributed by atoms with van der Waals surface area (Å²) >= 11 is 6.39. The lowest BCUT2D eigenvalue weighted by Gasteiger charge is -2.26. The van der Waals surface area contributed by atoms with Gasteiger partial charge in [0, 0.05) is 36.3 Å². The minimum absolute atomic E-state index is 0.0917. The smallest absolute Gasteiger partial charge is 0.0521 e. The Morgan fingerprint density at radius 3 is 2.57 bits per heavy atom. The van der Waals surface area contributed by atoms with Gasteiger partial charge in [0.15, 0.2) is 0 Å². The highest BCUT2D eigenvalue weighted by atomic mass is 35.5. The molecule has 1 atom stereocenters. The molecule has 0 bridgehead atoms. The number of hydrogen-bond donors (Lipinski definition) is 1. The molecule has 1 aromatic heterocycles. The van der Waals surface area contributed by atoms with Crippen LogP contribution < -0.4 is 5.32 Å². The third-order valence-corrected chi connectivity index (χ3v) is 3.81. The standard InChI is InChI=1S/C17H24ClN3/c1-17(2,3)19-11-14(9-13-10-20-21(4)12-13)15-7-5-6-8-16(15)18/h5-8,10,12,14,19H,9,11H2,1-4H3. The Kier molecular flexibility index (Phi) is 5.07. The number of aryl methyl sites for hydroxylation is 1. The van der Waals surface area contributed by atoms with Gasteiger partial charge in [0.2, 0.25) is 0 Å². The number of halogens is 1. The van der Waals surface area contributed by atoms with Gasteiger partial charge in [-0.15, -0.1) is 0 Å². The average Bonchev–Trinajstić information content (AvgIpc) is 2.80. The number of aromatic nitrogens is 2. The van der Waals surface area contributed by atoms with Crippen LogP contribution in [0.2, 0.25) is 5.02 Å². The van der Waals surface area contributed by atoms with Crippen LogP contribution in [0, 0.1) is 0 Å². The topological polar surface area (TPSA) is 29.9 Å². The Morgan fingerprint density at radius 2 is 2.00 bits per heavy atom. The molecule has 1 heterocycles. The maximum Gasteiger partial charge on any atom is 0.0521 e. The van der Waals surface area contributed by atoms with Crippen molar-refractivity contribution in [2.45, 2.75) is 38.6 Å². The largest absolute Gasteiger partial charge is 0.311 e. The van der Waals surface area contributed by atoms with E-state index in [0.29, 0.717) is 5.92 Å². The molecule has 2 rings (SSSR count). The van der Waals surface area contributed by atoms with Crippen molar-refractivity contribution >= 4 is 11.6 Å². The van der Waals surface area contributed by atoms with Gasteiger partial charge in [-0.05, 0) is 44.4 Å². The zero-order chi connectivity index (χ0) is 15.5. The van der Waals surface area contributed by atoms with E-state index in [-0.39, 0.29) is 5.54 Å². The van der Waals surface area contributed by atoms with Crippen molar-refractivity contribution in [3.63, 3.8) is 0 Å². The fraction of sp³-hybridized carbons (Fsp3) is 0.471. The molecule has 0 aliphatic rings. The molecule has 0 aliphatic carbocycles. The Morgan fingerprint density at radius 1 is 1.29 bits per heavy atom. The minimum Gasteiger partial charge on any atom is -0.311 e. The second-order valence-corrected chi connectivity index (χ2v) is 6.98. The minimum atomic E-state index is 0.0917. The normalized spacial score (nSPS) is 13.4. The molecule has 1 N–H and O–H groups in total. The van der Waals surface area contributed by atoms with Crippen molar-refractivity contribution in [2.24, 2.45) is 7.05 Å². The molecular weight excluding hydrogens is 282 g/mol. The van der Waals surface area contributed by atoms with E-state index in [0.717, 1.165) is 18.0 Å². The van der Waals surface area contributed by atoms with E-state index in [2.05, 4.69) is 49.5 Å². The molecule has 0 saturated heterocycles. The lowest BCUT2D eigenvalue weighted by molar-refractivity contribution is 0.405. The van der Waals surface area contributed by atoms with Gasteiger partial charge in [0.05, 0.1) is 6.20 Å². The first kappa shape index (κ1) is 16.1. The van der Waals surface area contributed by atoms with E-state index in [1.807, 2.05) is 30.1 Å². The molecule has 0 amide bonds. The Hall–Kier alpha value is -1.32. The van der Waals surface area contributed by atoms with Gasteiger partial charge in [-0.2, -0.15) is 5.10 Å². The van der Waals surface area contributed by atoms with Gasteiger partial charge in [-0.3, -0.25) is 4.68 Å². The lowest BCUT2D eigenvalue weighted by Crippen LogP contribution is -2.39. The van der Waals surface area contributed by atoms with Crippen molar-refractivity contribution in [2.75, 3.05) is 6.54 Å². The van der Waals surface area contributed by atoms with Gasteiger partial charge in [-0.1, -0.05) is 29.8 Å². The quantitative estimate of drug-likeness (QED) is 0.911. The Labute approximate surface area is 132 Å². The van der Waals surface area contributed by atoms with Crippen molar-refractivity contribution in [3.8, 4) is 0 Å². The summed E-state index contributed by atoms with van der Waals surface area (Å²) < 4.78 is 1.84. The summed E-state index contributed by atoms with van der Waals surface area (Å²) in [6.07, 6.45) is 4.93. The number of rotatable bonds is 5. The van der Waals surface area contributed by atoms with Gasteiger partial charge >= 0.3 is 0 Å². The SMILES string of the molecule is Cn1cc(CC(CNC(C)(C)C)c2ccccc2Cl)cn1. The van der Waals surface area contributed by atoms with E-state index < -0.39 is 0 Å². The van der Waals surface area contributed by atoms with Crippen LogP contribution in [0.4, 0.5) is 0 Å². The summed E-state index contributed by atoms with van der Waals surface area (Å²) in [4.78, 5) is 0. The second-order valence-electron chi connectivity index (χ2n) is 6.58. The Balaban J connectivity index is 2.19. The maximum atomic E-state index is 6.39. The summed E-state index contributed by atoms with van der Waals surface area (Å²) in [5, 5.41) is 8.68. The van der Waals surface area contributed by atoms with Gasteiger partial charge in [0.25, 0.3) is 0 Å². The molecular formula is C17H24ClN3. The highest BCUT2D eigenvalue weighted by Gasteiger charge is 2.19. The van der Waals surface area contributed by atoms with E-state index in [9.17, 15) is 0 Å². The number of benzene rings is 1. The molecule has 1 unspecified atom stereocenters. The van der Waals surface area contributed by atoms with Gasteiger partial charge in [0.1, 0.15) is 0 Å². The van der Waals surface area contributed by atoms with Crippen LogP contribution in [-0.4, -0.2) is 21.9 Å². The van der Waals surface area contributed by atoms with E-state index >= 15 is 0 Å². The first-order chi connectivity index (χ1) is 9.85. The van der Waals surface area contributed by atoms with E-state index in [1.165, 1.54) is 11.1 Å². The van der Waals surface area contributed by atoms with Gasteiger partial charge < -0.3 is 5.32 Å². The van der Waals surface area contributed by atoms with Crippen LogP contribution in [0.25, 0.3) is 0 Å². The lowest BCUT2D eigenvalue weighted by atomic mass is 9.92. The first-order valence-corrected chi connectivity index (χ1v) is 7.70. The monoisotopic (exact) mass is 305 g/mol. The van der Waals surface area contributed by atoms with E-state index in [1.54, 1.807) is 0 Å². The van der Waals surface area contributed by atoms with Crippen molar-refractivity contribution < 1.29 is 0 Å². The summed E-state index contributed by atoms with van der Waals surface area (Å²) in [5.41, 5.74) is 2.52.